The Morgan fingerprint density at radius 3 is 2.77 bits per heavy atom. The molecular formula is C23H20F2N4O. The second kappa shape index (κ2) is 8.32. The van der Waals surface area contributed by atoms with Crippen LogP contribution < -0.4 is 15.5 Å². The molecule has 0 fully saturated rings. The van der Waals surface area contributed by atoms with E-state index in [1.165, 1.54) is 30.5 Å². The van der Waals surface area contributed by atoms with E-state index in [0.29, 0.717) is 41.2 Å². The molecule has 0 aliphatic carbocycles. The molecule has 0 saturated heterocycles. The predicted octanol–water partition coefficient (Wildman–Crippen LogP) is 4.44. The van der Waals surface area contributed by atoms with Crippen molar-refractivity contribution >= 4 is 28.5 Å². The summed E-state index contributed by atoms with van der Waals surface area (Å²) in [5.74, 6) is -1.15. The summed E-state index contributed by atoms with van der Waals surface area (Å²) >= 11 is 0. The lowest BCUT2D eigenvalue weighted by Gasteiger charge is -2.20. The molecule has 3 aromatic rings. The fourth-order valence-corrected chi connectivity index (χ4v) is 3.31. The van der Waals surface area contributed by atoms with E-state index in [-0.39, 0.29) is 11.7 Å². The van der Waals surface area contributed by atoms with Crippen LogP contribution in [0.25, 0.3) is 5.57 Å². The van der Waals surface area contributed by atoms with Gasteiger partial charge in [0.1, 0.15) is 11.6 Å². The molecule has 0 unspecified atom stereocenters. The second-order valence-electron chi connectivity index (χ2n) is 7.01. The lowest BCUT2D eigenvalue weighted by Crippen LogP contribution is -2.21. The number of amides is 1. The summed E-state index contributed by atoms with van der Waals surface area (Å²) in [4.78, 5) is 18.2. The van der Waals surface area contributed by atoms with Crippen molar-refractivity contribution in [1.82, 2.24) is 4.98 Å². The lowest BCUT2D eigenvalue weighted by atomic mass is 10.1. The summed E-state index contributed by atoms with van der Waals surface area (Å²) in [5.41, 5.74) is 3.21. The van der Waals surface area contributed by atoms with Crippen LogP contribution >= 0.6 is 0 Å². The molecule has 7 heteroatoms. The summed E-state index contributed by atoms with van der Waals surface area (Å²) < 4.78 is 28.2. The third-order valence-corrected chi connectivity index (χ3v) is 4.94. The van der Waals surface area contributed by atoms with Crippen LogP contribution in [0.5, 0.6) is 0 Å². The van der Waals surface area contributed by atoms with E-state index in [2.05, 4.69) is 15.6 Å². The Balaban J connectivity index is 1.45. The average molecular weight is 406 g/mol. The number of likely N-dealkylation sites (N-methyl/N-ethyl adjacent to an activating group) is 1. The second-order valence-corrected chi connectivity index (χ2v) is 7.01. The Labute approximate surface area is 173 Å². The monoisotopic (exact) mass is 406 g/mol. The number of nitrogens with one attached hydrogen (secondary N) is 2. The van der Waals surface area contributed by atoms with Crippen molar-refractivity contribution in [2.45, 2.75) is 6.42 Å². The SMILES string of the molecule is CN(CCc1ccccn1)c1ccc(N/C=C2\C(=O)Nc3ccc(F)cc32)cc1F. The van der Waals surface area contributed by atoms with Crippen molar-refractivity contribution in [1.29, 1.82) is 0 Å². The first-order valence-corrected chi connectivity index (χ1v) is 9.50. The molecule has 1 aliphatic rings. The van der Waals surface area contributed by atoms with Crippen molar-refractivity contribution in [2.24, 2.45) is 0 Å². The predicted molar refractivity (Wildman–Crippen MR) is 114 cm³/mol. The molecule has 152 valence electrons. The van der Waals surface area contributed by atoms with Crippen molar-refractivity contribution < 1.29 is 13.6 Å². The van der Waals surface area contributed by atoms with E-state index >= 15 is 0 Å². The van der Waals surface area contributed by atoms with Gasteiger partial charge < -0.3 is 15.5 Å². The van der Waals surface area contributed by atoms with Crippen molar-refractivity contribution in [2.75, 3.05) is 29.1 Å². The zero-order valence-electron chi connectivity index (χ0n) is 16.3. The normalized spacial score (nSPS) is 13.8. The zero-order chi connectivity index (χ0) is 21.1. The van der Waals surface area contributed by atoms with Gasteiger partial charge in [0.05, 0.1) is 11.3 Å². The minimum Gasteiger partial charge on any atom is -0.372 e. The van der Waals surface area contributed by atoms with Gasteiger partial charge in [-0.05, 0) is 48.5 Å². The molecule has 1 amide bonds. The summed E-state index contributed by atoms with van der Waals surface area (Å²) in [6.45, 7) is 0.618. The molecule has 0 spiro atoms. The number of carbonyl (C=O) groups is 1. The molecule has 2 aromatic carbocycles. The highest BCUT2D eigenvalue weighted by molar-refractivity contribution is 6.31. The molecule has 0 atom stereocenters. The molecule has 0 saturated carbocycles. The summed E-state index contributed by atoms with van der Waals surface area (Å²) in [5, 5.41) is 5.60. The minimum atomic E-state index is -0.430. The van der Waals surface area contributed by atoms with Gasteiger partial charge in [0.2, 0.25) is 0 Å². The number of fused-ring (bicyclic) bond motifs is 1. The number of hydrogen-bond acceptors (Lipinski definition) is 4. The average Bonchev–Trinajstić information content (AvgIpc) is 3.05. The lowest BCUT2D eigenvalue weighted by molar-refractivity contribution is -0.110. The van der Waals surface area contributed by atoms with E-state index in [0.717, 1.165) is 5.69 Å². The van der Waals surface area contributed by atoms with E-state index in [1.54, 1.807) is 18.3 Å². The largest absolute Gasteiger partial charge is 0.372 e. The van der Waals surface area contributed by atoms with Gasteiger partial charge in [-0.25, -0.2) is 8.78 Å². The van der Waals surface area contributed by atoms with Crippen LogP contribution in [0.1, 0.15) is 11.3 Å². The number of benzene rings is 2. The zero-order valence-corrected chi connectivity index (χ0v) is 16.3. The molecule has 1 aliphatic heterocycles. The van der Waals surface area contributed by atoms with Crippen LogP contribution in [-0.2, 0) is 11.2 Å². The Hall–Kier alpha value is -3.74. The van der Waals surface area contributed by atoms with Crippen LogP contribution in [-0.4, -0.2) is 24.5 Å². The number of carbonyl (C=O) groups excluding carboxylic acids is 1. The molecule has 4 rings (SSSR count). The van der Waals surface area contributed by atoms with Gasteiger partial charge in [-0.3, -0.25) is 9.78 Å². The fraction of sp³-hybridized carbons (Fsp3) is 0.130. The number of anilines is 3. The summed E-state index contributed by atoms with van der Waals surface area (Å²) in [6.07, 6.45) is 3.90. The van der Waals surface area contributed by atoms with Crippen molar-refractivity contribution in [3.63, 3.8) is 0 Å². The van der Waals surface area contributed by atoms with Crippen LogP contribution in [0.2, 0.25) is 0 Å². The van der Waals surface area contributed by atoms with Crippen LogP contribution in [0.3, 0.4) is 0 Å². The maximum absolute atomic E-state index is 14.6. The van der Waals surface area contributed by atoms with E-state index in [1.807, 2.05) is 30.1 Å². The van der Waals surface area contributed by atoms with Crippen LogP contribution in [0.4, 0.5) is 25.8 Å². The molecule has 1 aromatic heterocycles. The Kier molecular flexibility index (Phi) is 5.43. The smallest absolute Gasteiger partial charge is 0.257 e. The highest BCUT2D eigenvalue weighted by atomic mass is 19.1. The van der Waals surface area contributed by atoms with Crippen LogP contribution in [0, 0.1) is 11.6 Å². The highest BCUT2D eigenvalue weighted by Gasteiger charge is 2.24. The Bertz CT molecular complexity index is 1120. The molecular weight excluding hydrogens is 386 g/mol. The Morgan fingerprint density at radius 1 is 1.13 bits per heavy atom. The number of rotatable bonds is 6. The highest BCUT2D eigenvalue weighted by Crippen LogP contribution is 2.32. The van der Waals surface area contributed by atoms with Gasteiger partial charge >= 0.3 is 0 Å². The fourth-order valence-electron chi connectivity index (χ4n) is 3.31. The minimum absolute atomic E-state index is 0.293. The van der Waals surface area contributed by atoms with Crippen molar-refractivity contribution in [3.05, 3.63) is 89.9 Å². The number of halogens is 2. The summed E-state index contributed by atoms with van der Waals surface area (Å²) in [7, 11) is 1.82. The summed E-state index contributed by atoms with van der Waals surface area (Å²) in [6, 6.07) is 14.6. The molecule has 0 bridgehead atoms. The first-order chi connectivity index (χ1) is 14.5. The number of hydrogen-bond donors (Lipinski definition) is 2. The van der Waals surface area contributed by atoms with Gasteiger partial charge in [-0.15, -0.1) is 0 Å². The topological polar surface area (TPSA) is 57.3 Å². The number of aromatic nitrogens is 1. The maximum atomic E-state index is 14.6. The Morgan fingerprint density at radius 2 is 2.00 bits per heavy atom. The number of nitrogens with zero attached hydrogens (tertiary/aromatic N) is 2. The van der Waals surface area contributed by atoms with Gasteiger partial charge in [0, 0.05) is 55.0 Å². The molecule has 2 heterocycles. The molecule has 2 N–H and O–H groups in total. The van der Waals surface area contributed by atoms with E-state index in [9.17, 15) is 13.6 Å². The first kappa shape index (κ1) is 19.6. The van der Waals surface area contributed by atoms with E-state index < -0.39 is 5.82 Å². The molecule has 30 heavy (non-hydrogen) atoms. The first-order valence-electron chi connectivity index (χ1n) is 9.50. The maximum Gasteiger partial charge on any atom is 0.257 e. The standard InChI is InChI=1S/C23H20F2N4O/c1-29(11-9-16-4-2-3-10-26-16)22-8-6-17(13-20(22)25)27-14-19-18-12-15(24)5-7-21(18)28-23(19)30/h2-8,10,12-14,27H,9,11H2,1H3,(H,28,30)/b19-14-. The third kappa shape index (κ3) is 4.15. The van der Waals surface area contributed by atoms with Gasteiger partial charge in [0.15, 0.2) is 0 Å². The molecule has 0 radical (unpaired) electrons. The van der Waals surface area contributed by atoms with Crippen LogP contribution in [0.15, 0.2) is 67.0 Å². The van der Waals surface area contributed by atoms with Gasteiger partial charge in [-0.1, -0.05) is 6.07 Å². The molecule has 5 nitrogen and oxygen atoms in total. The van der Waals surface area contributed by atoms with Gasteiger partial charge in [-0.2, -0.15) is 0 Å². The van der Waals surface area contributed by atoms with Gasteiger partial charge in [0.25, 0.3) is 5.91 Å². The number of pyridine rings is 1. The van der Waals surface area contributed by atoms with E-state index in [4.69, 9.17) is 0 Å². The van der Waals surface area contributed by atoms with Crippen molar-refractivity contribution in [3.8, 4) is 0 Å². The third-order valence-electron chi connectivity index (χ3n) is 4.94. The quantitative estimate of drug-likeness (QED) is 0.594.